The Morgan fingerprint density at radius 2 is 2.06 bits per heavy atom. The van der Waals surface area contributed by atoms with Crippen molar-refractivity contribution < 1.29 is 9.53 Å². The van der Waals surface area contributed by atoms with Gasteiger partial charge in [0.15, 0.2) is 0 Å². The van der Waals surface area contributed by atoms with Crippen LogP contribution < -0.4 is 5.73 Å². The molecule has 0 aromatic heterocycles. The molecule has 0 aromatic carbocycles. The van der Waals surface area contributed by atoms with Gasteiger partial charge in [0.1, 0.15) is 0 Å². The van der Waals surface area contributed by atoms with Gasteiger partial charge < -0.3 is 15.4 Å². The number of amides is 1. The van der Waals surface area contributed by atoms with Gasteiger partial charge in [0.2, 0.25) is 5.91 Å². The van der Waals surface area contributed by atoms with Crippen LogP contribution in [0.4, 0.5) is 0 Å². The lowest BCUT2D eigenvalue weighted by Gasteiger charge is -2.33. The molecule has 0 unspecified atom stereocenters. The largest absolute Gasteiger partial charge is 0.392 e. The molecule has 0 radical (unpaired) electrons. The molecule has 1 fully saturated rings. The second-order valence-corrected chi connectivity index (χ2v) is 4.97. The van der Waals surface area contributed by atoms with Crippen molar-refractivity contribution in [3.8, 4) is 0 Å². The maximum atomic E-state index is 12.5. The van der Waals surface area contributed by atoms with E-state index in [1.54, 1.807) is 12.0 Å². The topological polar surface area (TPSA) is 55.6 Å². The summed E-state index contributed by atoms with van der Waals surface area (Å²) < 4.78 is 5.02. The molecule has 5 heteroatoms. The molecule has 4 nitrogen and oxygen atoms in total. The van der Waals surface area contributed by atoms with Gasteiger partial charge in [-0.1, -0.05) is 25.1 Å². The van der Waals surface area contributed by atoms with Crippen LogP contribution in [0.5, 0.6) is 0 Å². The molecule has 0 atom stereocenters. The molecule has 0 bridgehead atoms. The third kappa shape index (κ3) is 2.96. The lowest BCUT2D eigenvalue weighted by atomic mass is 9.84. The fraction of sp³-hybridized carbons (Fsp3) is 0.833. The third-order valence-electron chi connectivity index (χ3n) is 3.57. The zero-order valence-electron chi connectivity index (χ0n) is 10.7. The van der Waals surface area contributed by atoms with Crippen LogP contribution in [0.15, 0.2) is 0 Å². The Kier molecular flexibility index (Phi) is 5.33. The molecule has 1 aliphatic carbocycles. The summed E-state index contributed by atoms with van der Waals surface area (Å²) in [7, 11) is 1.64. The van der Waals surface area contributed by atoms with Crippen LogP contribution in [-0.2, 0) is 9.53 Å². The molecule has 1 saturated carbocycles. The highest BCUT2D eigenvalue weighted by atomic mass is 32.1. The summed E-state index contributed by atoms with van der Waals surface area (Å²) in [6, 6.07) is 0. The Hall–Kier alpha value is -0.680. The van der Waals surface area contributed by atoms with Gasteiger partial charge in [0.25, 0.3) is 0 Å². The van der Waals surface area contributed by atoms with E-state index in [-0.39, 0.29) is 5.91 Å². The SMILES string of the molecule is CCN(CCOC)C(=O)C1(C(N)=S)CCCC1. The summed E-state index contributed by atoms with van der Waals surface area (Å²) in [6.45, 7) is 3.80. The van der Waals surface area contributed by atoms with Crippen molar-refractivity contribution in [1.29, 1.82) is 0 Å². The second-order valence-electron chi connectivity index (χ2n) is 4.53. The van der Waals surface area contributed by atoms with Crippen molar-refractivity contribution in [2.24, 2.45) is 11.1 Å². The van der Waals surface area contributed by atoms with Crippen molar-refractivity contribution in [3.05, 3.63) is 0 Å². The normalized spacial score (nSPS) is 18.0. The van der Waals surface area contributed by atoms with Gasteiger partial charge in [-0.05, 0) is 19.8 Å². The van der Waals surface area contributed by atoms with Gasteiger partial charge in [0, 0.05) is 20.2 Å². The molecule has 98 valence electrons. The molecular formula is C12H22N2O2S. The highest BCUT2D eigenvalue weighted by Gasteiger charge is 2.45. The predicted molar refractivity (Wildman–Crippen MR) is 71.8 cm³/mol. The Morgan fingerprint density at radius 1 is 1.47 bits per heavy atom. The van der Waals surface area contributed by atoms with E-state index >= 15 is 0 Å². The Labute approximate surface area is 108 Å². The summed E-state index contributed by atoms with van der Waals surface area (Å²) in [5, 5.41) is 0. The van der Waals surface area contributed by atoms with Crippen LogP contribution in [-0.4, -0.2) is 42.6 Å². The number of nitrogens with zero attached hydrogens (tertiary/aromatic N) is 1. The van der Waals surface area contributed by atoms with E-state index in [0.29, 0.717) is 24.7 Å². The van der Waals surface area contributed by atoms with Crippen LogP contribution in [0.3, 0.4) is 0 Å². The molecule has 0 aromatic rings. The van der Waals surface area contributed by atoms with E-state index in [2.05, 4.69) is 0 Å². The number of carbonyl (C=O) groups excluding carboxylic acids is 1. The standard InChI is InChI=1S/C12H22N2O2S/c1-3-14(8-9-16-2)11(15)12(10(13)17)6-4-5-7-12/h3-9H2,1-2H3,(H2,13,17). The van der Waals surface area contributed by atoms with Crippen molar-refractivity contribution in [2.75, 3.05) is 26.8 Å². The molecule has 1 amide bonds. The van der Waals surface area contributed by atoms with Crippen LogP contribution in [0.25, 0.3) is 0 Å². The monoisotopic (exact) mass is 258 g/mol. The Morgan fingerprint density at radius 3 is 2.47 bits per heavy atom. The van der Waals surface area contributed by atoms with Crippen LogP contribution in [0.2, 0.25) is 0 Å². The fourth-order valence-corrected chi connectivity index (χ4v) is 2.74. The first-order valence-electron chi connectivity index (χ1n) is 6.16. The molecule has 1 rings (SSSR count). The molecule has 0 spiro atoms. The fourth-order valence-electron chi connectivity index (χ4n) is 2.45. The zero-order valence-corrected chi connectivity index (χ0v) is 11.5. The Bertz CT molecular complexity index is 288. The molecule has 2 N–H and O–H groups in total. The van der Waals surface area contributed by atoms with Crippen molar-refractivity contribution in [3.63, 3.8) is 0 Å². The first-order valence-corrected chi connectivity index (χ1v) is 6.57. The van der Waals surface area contributed by atoms with Crippen LogP contribution >= 0.6 is 12.2 Å². The van der Waals surface area contributed by atoms with E-state index in [4.69, 9.17) is 22.7 Å². The minimum Gasteiger partial charge on any atom is -0.392 e. The number of methoxy groups -OCH3 is 1. The maximum absolute atomic E-state index is 12.5. The highest BCUT2D eigenvalue weighted by Crippen LogP contribution is 2.40. The predicted octanol–water partition coefficient (Wildman–Crippen LogP) is 1.33. The van der Waals surface area contributed by atoms with Gasteiger partial charge in [-0.25, -0.2) is 0 Å². The van der Waals surface area contributed by atoms with Crippen molar-refractivity contribution in [2.45, 2.75) is 32.6 Å². The minimum atomic E-state index is -0.584. The average molecular weight is 258 g/mol. The van der Waals surface area contributed by atoms with Crippen LogP contribution in [0.1, 0.15) is 32.6 Å². The molecule has 0 heterocycles. The van der Waals surface area contributed by atoms with E-state index in [1.165, 1.54) is 0 Å². The van der Waals surface area contributed by atoms with E-state index in [1.807, 2.05) is 6.92 Å². The minimum absolute atomic E-state index is 0.0852. The first-order chi connectivity index (χ1) is 8.08. The van der Waals surface area contributed by atoms with E-state index in [0.717, 1.165) is 25.7 Å². The van der Waals surface area contributed by atoms with Gasteiger partial charge in [-0.2, -0.15) is 0 Å². The maximum Gasteiger partial charge on any atom is 0.235 e. The number of rotatable bonds is 6. The number of hydrogen-bond donors (Lipinski definition) is 1. The molecular weight excluding hydrogens is 236 g/mol. The summed E-state index contributed by atoms with van der Waals surface area (Å²) in [5.41, 5.74) is 5.22. The van der Waals surface area contributed by atoms with Gasteiger partial charge in [-0.15, -0.1) is 0 Å². The summed E-state index contributed by atoms with van der Waals surface area (Å²) >= 11 is 5.12. The number of thiocarbonyl (C=S) groups is 1. The van der Waals surface area contributed by atoms with Gasteiger partial charge >= 0.3 is 0 Å². The Balaban J connectivity index is 2.79. The number of hydrogen-bond acceptors (Lipinski definition) is 3. The van der Waals surface area contributed by atoms with Crippen LogP contribution in [0, 0.1) is 5.41 Å². The van der Waals surface area contributed by atoms with E-state index in [9.17, 15) is 4.79 Å². The summed E-state index contributed by atoms with van der Waals surface area (Å²) in [5.74, 6) is 0.0852. The third-order valence-corrected chi connectivity index (χ3v) is 3.96. The lowest BCUT2D eigenvalue weighted by molar-refractivity contribution is -0.138. The molecule has 0 aliphatic heterocycles. The number of carbonyl (C=O) groups is 1. The number of ether oxygens (including phenoxy) is 1. The molecule has 17 heavy (non-hydrogen) atoms. The van der Waals surface area contributed by atoms with Crippen molar-refractivity contribution in [1.82, 2.24) is 4.90 Å². The van der Waals surface area contributed by atoms with Gasteiger partial charge in [0.05, 0.1) is 17.0 Å². The zero-order chi connectivity index (χ0) is 12.9. The average Bonchev–Trinajstić information content (AvgIpc) is 2.80. The lowest BCUT2D eigenvalue weighted by Crippen LogP contribution is -2.50. The van der Waals surface area contributed by atoms with E-state index < -0.39 is 5.41 Å². The van der Waals surface area contributed by atoms with Crippen molar-refractivity contribution >= 4 is 23.1 Å². The second kappa shape index (κ2) is 6.31. The molecule has 0 saturated heterocycles. The highest BCUT2D eigenvalue weighted by molar-refractivity contribution is 7.80. The first kappa shape index (κ1) is 14.4. The number of nitrogens with two attached hydrogens (primary N) is 1. The number of likely N-dealkylation sites (N-methyl/N-ethyl adjacent to an activating group) is 1. The molecule has 1 aliphatic rings. The quantitative estimate of drug-likeness (QED) is 0.730. The smallest absolute Gasteiger partial charge is 0.235 e. The summed E-state index contributed by atoms with van der Waals surface area (Å²) in [6.07, 6.45) is 3.66. The summed E-state index contributed by atoms with van der Waals surface area (Å²) in [4.78, 5) is 14.7. The van der Waals surface area contributed by atoms with Gasteiger partial charge in [-0.3, -0.25) is 4.79 Å².